The molecule has 534 valence electrons. The first-order valence-corrected chi connectivity index (χ1v) is 43.9. The lowest BCUT2D eigenvalue weighted by molar-refractivity contribution is 0.414. The molecular weight excluding hydrogens is 1520 g/mol. The topological polar surface area (TPSA) is 34.1 Å². The summed E-state index contributed by atoms with van der Waals surface area (Å²) >= 11 is 5.05. The first kappa shape index (κ1) is 73.3. The molecule has 105 heavy (non-hydrogen) atoms. The van der Waals surface area contributed by atoms with E-state index in [0.29, 0.717) is 20.9 Å². The van der Waals surface area contributed by atoms with E-state index >= 15 is 0 Å². The van der Waals surface area contributed by atoms with E-state index in [4.69, 9.17) is 0 Å². The van der Waals surface area contributed by atoms with E-state index < -0.39 is 9.84 Å². The Morgan fingerprint density at radius 1 is 0.248 bits per heavy atom. The van der Waals surface area contributed by atoms with Gasteiger partial charge in [0.1, 0.15) is 0 Å². The van der Waals surface area contributed by atoms with Gasteiger partial charge in [0, 0.05) is 62.2 Å². The Bertz CT molecular complexity index is 4930. The summed E-state index contributed by atoms with van der Waals surface area (Å²) in [5.41, 5.74) is 32.7. The fourth-order valence-corrected chi connectivity index (χ4v) is 22.4. The Morgan fingerprint density at radius 3 is 0.714 bits per heavy atom. The maximum atomic E-state index is 14.4. The van der Waals surface area contributed by atoms with Crippen molar-refractivity contribution in [3.63, 3.8) is 0 Å². The minimum Gasteiger partial charge on any atom is -0.218 e. The third-order valence-electron chi connectivity index (χ3n) is 25.2. The van der Waals surface area contributed by atoms with Gasteiger partial charge in [0.2, 0.25) is 9.84 Å². The van der Waals surface area contributed by atoms with Gasteiger partial charge in [-0.15, -0.1) is 0 Å². The maximum Gasteiger partial charge on any atom is 0.207 e. The fourth-order valence-electron chi connectivity index (χ4n) is 19.8. The summed E-state index contributed by atoms with van der Waals surface area (Å²) in [6, 6.07) is 69.3. The number of hydrogen-bond donors (Lipinski definition) is 0. The number of hydrogen-bond acceptors (Lipinski definition) is 2. The Kier molecular flexibility index (Phi) is 21.2. The lowest BCUT2D eigenvalue weighted by atomic mass is 9.69. The smallest absolute Gasteiger partial charge is 0.207 e. The van der Waals surface area contributed by atoms with Crippen LogP contribution >= 0.6 is 45.2 Å². The van der Waals surface area contributed by atoms with Crippen LogP contribution in [0.4, 0.5) is 0 Å². The minimum absolute atomic E-state index is 0.0179. The van der Waals surface area contributed by atoms with E-state index in [-0.39, 0.29) is 21.7 Å². The Morgan fingerprint density at radius 2 is 0.457 bits per heavy atom. The van der Waals surface area contributed by atoms with Gasteiger partial charge in [0.15, 0.2) is 0 Å². The molecule has 0 amide bonds. The van der Waals surface area contributed by atoms with E-state index in [2.05, 4.69) is 270 Å². The maximum absolute atomic E-state index is 14.4. The molecule has 1 heterocycles. The van der Waals surface area contributed by atoms with Crippen LogP contribution in [0.2, 0.25) is 0 Å². The second kappa shape index (κ2) is 30.4. The number of halogens is 2. The highest BCUT2D eigenvalue weighted by Crippen LogP contribution is 2.61. The molecule has 1 aliphatic heterocycles. The lowest BCUT2D eigenvalue weighted by Gasteiger charge is -2.33. The minimum atomic E-state index is -3.75. The molecule has 0 saturated carbocycles. The zero-order valence-corrected chi connectivity index (χ0v) is 68.4. The van der Waals surface area contributed by atoms with Gasteiger partial charge in [0.05, 0.1) is 9.79 Å². The van der Waals surface area contributed by atoms with E-state index in [1.165, 1.54) is 195 Å². The quantitative estimate of drug-likeness (QED) is 0.0400. The molecule has 10 aromatic rings. The summed E-state index contributed by atoms with van der Waals surface area (Å²) in [4.78, 5) is 0.652. The predicted molar refractivity (Wildman–Crippen MR) is 460 cm³/mol. The van der Waals surface area contributed by atoms with Crippen molar-refractivity contribution in [3.8, 4) is 102 Å². The fraction of sp³-hybridized carbons (Fsp3) is 0.360. The van der Waals surface area contributed by atoms with Crippen LogP contribution in [0.1, 0.15) is 276 Å². The Labute approximate surface area is 656 Å². The molecule has 10 aromatic carbocycles. The van der Waals surface area contributed by atoms with Gasteiger partial charge in [-0.1, -0.05) is 255 Å². The second-order valence-electron chi connectivity index (χ2n) is 31.5. The monoisotopic (exact) mass is 1620 g/mol. The molecule has 0 spiro atoms. The number of sulfone groups is 1. The molecule has 4 aliphatic carbocycles. The highest BCUT2D eigenvalue weighted by atomic mass is 127. The first-order valence-electron chi connectivity index (χ1n) is 40.2. The summed E-state index contributed by atoms with van der Waals surface area (Å²) < 4.78 is 31.4. The van der Waals surface area contributed by atoms with Gasteiger partial charge >= 0.3 is 0 Å². The van der Waals surface area contributed by atoms with Crippen molar-refractivity contribution in [1.82, 2.24) is 0 Å². The third kappa shape index (κ3) is 12.8. The van der Waals surface area contributed by atoms with E-state index in [0.717, 1.165) is 99.3 Å². The van der Waals surface area contributed by atoms with Gasteiger partial charge in [-0.2, -0.15) is 0 Å². The number of unbranched alkanes of at least 4 members (excludes halogenated alkanes) is 8. The van der Waals surface area contributed by atoms with Crippen LogP contribution in [0.5, 0.6) is 0 Å². The summed E-state index contributed by atoms with van der Waals surface area (Å²) in [7, 11) is -3.75. The molecule has 0 fully saturated rings. The molecule has 0 unspecified atom stereocenters. The SMILES string of the molecule is CCCCC1(CCCC)c2cc(I)ccc2-c2ccc(-c3ccc4c(c3)C(CCCC)(CCCC)c3cc(C#Cc5ccc6c(c5)-c5cc(C#Cc7ccc8c(c7)C(CCCC)(CCCC)c7cc(-c9ccc%10c(c9)C(CCCC)(CCCC)c9cc(I)ccc9-%10)ccc7-8)ccc5S6(=O)=O)ccc3-4)cc21. The lowest BCUT2D eigenvalue weighted by Crippen LogP contribution is -2.26. The van der Waals surface area contributed by atoms with Crippen molar-refractivity contribution in [3.05, 3.63) is 256 Å². The predicted octanol–water partition coefficient (Wildman–Crippen LogP) is 28.4. The van der Waals surface area contributed by atoms with Gasteiger partial charge < -0.3 is 0 Å². The molecule has 0 radical (unpaired) electrons. The molecule has 5 heteroatoms. The van der Waals surface area contributed by atoms with Crippen LogP contribution < -0.4 is 0 Å². The van der Waals surface area contributed by atoms with Crippen molar-refractivity contribution in [1.29, 1.82) is 0 Å². The molecule has 0 atom stereocenters. The van der Waals surface area contributed by atoms with Crippen LogP contribution in [0.15, 0.2) is 192 Å². The van der Waals surface area contributed by atoms with Gasteiger partial charge in [-0.3, -0.25) is 0 Å². The Hall–Kier alpha value is -7.27. The van der Waals surface area contributed by atoms with Gasteiger partial charge in [-0.05, 0) is 317 Å². The van der Waals surface area contributed by atoms with Crippen molar-refractivity contribution in [2.45, 2.75) is 241 Å². The van der Waals surface area contributed by atoms with Crippen LogP contribution in [-0.2, 0) is 31.5 Å². The normalized spacial score (nSPS) is 15.2. The summed E-state index contributed by atoms with van der Waals surface area (Å²) in [5, 5.41) is 0. The van der Waals surface area contributed by atoms with Crippen LogP contribution in [0.3, 0.4) is 0 Å². The highest BCUT2D eigenvalue weighted by molar-refractivity contribution is 14.1. The third-order valence-corrected chi connectivity index (χ3v) is 28.4. The highest BCUT2D eigenvalue weighted by Gasteiger charge is 2.47. The molecule has 5 aliphatic rings. The molecule has 2 nitrogen and oxygen atoms in total. The molecule has 0 bridgehead atoms. The molecule has 0 N–H and O–H groups in total. The molecule has 0 aromatic heterocycles. The van der Waals surface area contributed by atoms with E-state index in [9.17, 15) is 8.42 Å². The molecular formula is C100H102I2O2S. The molecule has 0 saturated heterocycles. The van der Waals surface area contributed by atoms with Gasteiger partial charge in [0.25, 0.3) is 0 Å². The zero-order valence-electron chi connectivity index (χ0n) is 63.3. The van der Waals surface area contributed by atoms with Crippen molar-refractivity contribution >= 4 is 55.0 Å². The van der Waals surface area contributed by atoms with Crippen LogP contribution in [0, 0.1) is 30.8 Å². The van der Waals surface area contributed by atoms with Crippen LogP contribution in [-0.4, -0.2) is 8.42 Å². The molecule has 15 rings (SSSR count). The average Bonchev–Trinajstić information content (AvgIpc) is 1.57. The van der Waals surface area contributed by atoms with Crippen LogP contribution in [0.25, 0.3) is 77.9 Å². The summed E-state index contributed by atoms with van der Waals surface area (Å²) in [6.07, 6.45) is 27.7. The van der Waals surface area contributed by atoms with Crippen molar-refractivity contribution in [2.24, 2.45) is 0 Å². The summed E-state index contributed by atoms with van der Waals surface area (Å²) in [5.74, 6) is 14.4. The standard InChI is InChI=1S/C100H102I2O2S/c1-9-17-49-97(50-18-10-2)87-59-69(29-39-77(87)79-41-33-71(61-89(79)97)73-35-43-81-83-45-37-75(101)65-93(83)99(53-21-13-5,54-22-14-6)91(81)63-73)27-25-67-31-47-95-85(57-67)86-58-68(32-48-96(86)105(95,103)104)26-28-70-30-40-78-80-42-34-72(62-90(80)98(51-19-11-3,52-20-12-4)88(78)60-70)74-36-44-82-84-46-38-76(102)66-94(84)100(55-23-15-7,56-24-16-8)92(82)64-74/h29-48,57-66H,9-24,49-56H2,1-8H3. The summed E-state index contributed by atoms with van der Waals surface area (Å²) in [6.45, 7) is 18.7. The zero-order chi connectivity index (χ0) is 72.8. The van der Waals surface area contributed by atoms with Crippen molar-refractivity contribution in [2.75, 3.05) is 0 Å². The Balaban J connectivity index is 0.733. The van der Waals surface area contributed by atoms with E-state index in [1.807, 2.05) is 24.3 Å². The second-order valence-corrected chi connectivity index (χ2v) is 35.9. The number of fused-ring (bicyclic) bond motifs is 15. The van der Waals surface area contributed by atoms with E-state index in [1.54, 1.807) is 12.1 Å². The first-order chi connectivity index (χ1) is 51.2. The number of rotatable bonds is 26. The average molecular weight is 1620 g/mol. The largest absolute Gasteiger partial charge is 0.218 e. The van der Waals surface area contributed by atoms with Crippen molar-refractivity contribution < 1.29 is 8.42 Å². The number of benzene rings is 10. The van der Waals surface area contributed by atoms with Gasteiger partial charge in [-0.25, -0.2) is 8.42 Å².